The Labute approximate surface area is 224 Å². The molecule has 2 amide bonds. The molecule has 16 heteroatoms. The number of pyridine rings is 1. The molecule has 4 rings (SSSR count). The molecule has 2 aliphatic heterocycles. The van der Waals surface area contributed by atoms with E-state index < -0.39 is 35.2 Å². The molecule has 0 bridgehead atoms. The summed E-state index contributed by atoms with van der Waals surface area (Å²) in [6.45, 7) is 4.02. The normalized spacial score (nSPS) is 18.9. The maximum Gasteiger partial charge on any atom is 0.352 e. The van der Waals surface area contributed by atoms with Crippen LogP contribution in [-0.2, 0) is 30.5 Å². The van der Waals surface area contributed by atoms with Crippen LogP contribution in [0.25, 0.3) is 0 Å². The molecule has 4 N–H and O–H groups in total. The first-order valence-corrected chi connectivity index (χ1v) is 13.2. The van der Waals surface area contributed by atoms with E-state index in [4.69, 9.17) is 15.3 Å². The zero-order valence-corrected chi connectivity index (χ0v) is 22.0. The minimum atomic E-state index is -1.26. The van der Waals surface area contributed by atoms with Crippen molar-refractivity contribution in [3.8, 4) is 0 Å². The van der Waals surface area contributed by atoms with E-state index in [9.17, 15) is 24.3 Å². The molecule has 2 aromatic rings. The Morgan fingerprint density at radius 1 is 1.29 bits per heavy atom. The fraction of sp³-hybridized carbons (Fsp3) is 0.364. The van der Waals surface area contributed by atoms with Gasteiger partial charge in [-0.25, -0.2) is 14.2 Å². The van der Waals surface area contributed by atoms with Gasteiger partial charge in [0.2, 0.25) is 11.5 Å². The van der Waals surface area contributed by atoms with E-state index in [-0.39, 0.29) is 42.1 Å². The summed E-state index contributed by atoms with van der Waals surface area (Å²) in [5.74, 6) is -2.78. The third-order valence-corrected chi connectivity index (χ3v) is 7.35. The Morgan fingerprint density at radius 2 is 2.03 bits per heavy atom. The van der Waals surface area contributed by atoms with Crippen molar-refractivity contribution in [1.82, 2.24) is 19.6 Å². The lowest BCUT2D eigenvalue weighted by molar-refractivity contribution is -0.689. The Kier molecular flexibility index (Phi) is 8.21. The number of nitrogens with two attached hydrogens (primary N) is 1. The van der Waals surface area contributed by atoms with Gasteiger partial charge < -0.3 is 25.7 Å². The number of amides is 2. The number of rotatable bonds is 10. The highest BCUT2D eigenvalue weighted by Crippen LogP contribution is 2.40. The maximum absolute atomic E-state index is 13.0. The number of carbonyl (C=O) groups is 4. The van der Waals surface area contributed by atoms with Crippen molar-refractivity contribution < 1.29 is 38.4 Å². The SMILES string of the molecule is CCON=C(C(=O)NC1C(=O)N2C(C(=O)O)=C(C[n+]3ccc(C(=O)OCC)cc3)CS[C@@H]12)c1nsc(N)n1. The van der Waals surface area contributed by atoms with Gasteiger partial charge >= 0.3 is 11.9 Å². The van der Waals surface area contributed by atoms with Gasteiger partial charge in [-0.3, -0.25) is 14.5 Å². The highest BCUT2D eigenvalue weighted by molar-refractivity contribution is 8.00. The number of hydrogen-bond donors (Lipinski definition) is 3. The zero-order valence-electron chi connectivity index (χ0n) is 20.3. The van der Waals surface area contributed by atoms with E-state index in [0.29, 0.717) is 16.9 Å². The van der Waals surface area contributed by atoms with Gasteiger partial charge in [-0.1, -0.05) is 5.16 Å². The Bertz CT molecular complexity index is 1330. The molecule has 4 heterocycles. The highest BCUT2D eigenvalue weighted by atomic mass is 32.2. The fourth-order valence-corrected chi connectivity index (χ4v) is 5.56. The summed E-state index contributed by atoms with van der Waals surface area (Å²) in [5, 5.41) is 15.8. The van der Waals surface area contributed by atoms with Gasteiger partial charge in [-0.2, -0.15) is 9.36 Å². The molecule has 2 atom stereocenters. The lowest BCUT2D eigenvalue weighted by atomic mass is 10.0. The van der Waals surface area contributed by atoms with Crippen LogP contribution in [0.5, 0.6) is 0 Å². The van der Waals surface area contributed by atoms with Crippen molar-refractivity contribution in [2.45, 2.75) is 31.8 Å². The summed E-state index contributed by atoms with van der Waals surface area (Å²) in [4.78, 5) is 60.1. The van der Waals surface area contributed by atoms with Crippen molar-refractivity contribution in [2.24, 2.45) is 5.16 Å². The largest absolute Gasteiger partial charge is 0.477 e. The zero-order chi connectivity index (χ0) is 27.4. The number of carbonyl (C=O) groups excluding carboxylic acids is 3. The van der Waals surface area contributed by atoms with Crippen LogP contribution >= 0.6 is 23.3 Å². The van der Waals surface area contributed by atoms with Gasteiger partial charge in [-0.15, -0.1) is 11.8 Å². The number of β-lactam (4-membered cyclic amide) rings is 1. The smallest absolute Gasteiger partial charge is 0.352 e. The number of carboxylic acids is 1. The van der Waals surface area contributed by atoms with E-state index in [1.807, 2.05) is 0 Å². The standard InChI is InChI=1S/C22H23N7O7S2/c1-3-35-21(34)11-5-7-28(8-6-11)9-12-10-37-19-14(18(31)29(19)15(12)20(32)33)24-17(30)13(26-36-4-2)16-25-22(23)38-27-16/h5-8,14,19H,3-4,9-10H2,1-2H3,(H3-,23,24,25,27,30,32,33)/p+1/t14?,19-/m0/s1. The van der Waals surface area contributed by atoms with Crippen LogP contribution in [0.15, 0.2) is 41.0 Å². The van der Waals surface area contributed by atoms with Crippen molar-refractivity contribution in [1.29, 1.82) is 0 Å². The van der Waals surface area contributed by atoms with Gasteiger partial charge in [-0.05, 0) is 13.8 Å². The minimum absolute atomic E-state index is 0.0437. The van der Waals surface area contributed by atoms with Crippen LogP contribution in [0.3, 0.4) is 0 Å². The van der Waals surface area contributed by atoms with Gasteiger partial charge in [0.25, 0.3) is 11.8 Å². The molecule has 2 aromatic heterocycles. The lowest BCUT2D eigenvalue weighted by Gasteiger charge is -2.49. The molecule has 1 unspecified atom stereocenters. The Balaban J connectivity index is 1.50. The van der Waals surface area contributed by atoms with Crippen molar-refractivity contribution >= 4 is 57.9 Å². The van der Waals surface area contributed by atoms with Crippen molar-refractivity contribution in [3.05, 3.63) is 47.2 Å². The molecule has 1 saturated heterocycles. The van der Waals surface area contributed by atoms with E-state index in [2.05, 4.69) is 19.8 Å². The summed E-state index contributed by atoms with van der Waals surface area (Å²) in [5.41, 5.74) is 6.10. The number of nitrogens with one attached hydrogen (secondary N) is 1. The molecule has 14 nitrogen and oxygen atoms in total. The molecule has 200 valence electrons. The molecule has 1 fully saturated rings. The summed E-state index contributed by atoms with van der Waals surface area (Å²) >= 11 is 2.20. The second kappa shape index (κ2) is 11.6. The third kappa shape index (κ3) is 5.45. The number of hydrogen-bond acceptors (Lipinski definition) is 12. The first-order chi connectivity index (χ1) is 18.2. The Hall–Kier alpha value is -4.05. The lowest BCUT2D eigenvalue weighted by Crippen LogP contribution is -2.71. The molecule has 0 saturated carbocycles. The number of oxime groups is 1. The number of nitrogen functional groups attached to an aromatic ring is 1. The molecule has 0 aliphatic carbocycles. The molecule has 0 aromatic carbocycles. The van der Waals surface area contributed by atoms with Gasteiger partial charge in [0, 0.05) is 35.0 Å². The van der Waals surface area contributed by atoms with E-state index in [1.54, 1.807) is 42.9 Å². The first kappa shape index (κ1) is 27.0. The summed E-state index contributed by atoms with van der Waals surface area (Å²) in [6.07, 6.45) is 3.27. The van der Waals surface area contributed by atoms with Crippen LogP contribution < -0.4 is 15.6 Å². The summed E-state index contributed by atoms with van der Waals surface area (Å²) in [6, 6.07) is 2.16. The van der Waals surface area contributed by atoms with Crippen LogP contribution in [0.2, 0.25) is 0 Å². The quantitative estimate of drug-likeness (QED) is 0.114. The average Bonchev–Trinajstić information content (AvgIpc) is 3.33. The number of ether oxygens (including phenoxy) is 1. The van der Waals surface area contributed by atoms with Crippen LogP contribution in [-0.4, -0.2) is 79.2 Å². The summed E-state index contributed by atoms with van der Waals surface area (Å²) in [7, 11) is 0. The number of fused-ring (bicyclic) bond motifs is 1. The third-order valence-electron chi connectivity index (χ3n) is 5.47. The minimum Gasteiger partial charge on any atom is -0.477 e. The van der Waals surface area contributed by atoms with Gasteiger partial charge in [0.15, 0.2) is 24.1 Å². The second-order valence-electron chi connectivity index (χ2n) is 7.91. The first-order valence-electron chi connectivity index (χ1n) is 11.4. The number of esters is 1. The number of thioether (sulfide) groups is 1. The van der Waals surface area contributed by atoms with E-state index >= 15 is 0 Å². The van der Waals surface area contributed by atoms with E-state index in [1.165, 1.54) is 16.7 Å². The Morgan fingerprint density at radius 3 is 2.63 bits per heavy atom. The molecular formula is C22H24N7O7S2+. The van der Waals surface area contributed by atoms with Crippen LogP contribution in [0, 0.1) is 0 Å². The molecule has 0 spiro atoms. The molecule has 2 aliphatic rings. The number of aliphatic carboxylic acids is 1. The second-order valence-corrected chi connectivity index (χ2v) is 9.80. The van der Waals surface area contributed by atoms with E-state index in [0.717, 1.165) is 11.5 Å². The predicted molar refractivity (Wildman–Crippen MR) is 135 cm³/mol. The van der Waals surface area contributed by atoms with Crippen molar-refractivity contribution in [2.75, 3.05) is 24.7 Å². The summed E-state index contributed by atoms with van der Waals surface area (Å²) < 4.78 is 10.6. The number of aromatic nitrogens is 3. The fourth-order valence-electron chi connectivity index (χ4n) is 3.79. The van der Waals surface area contributed by atoms with Crippen LogP contribution in [0.4, 0.5) is 5.13 Å². The molecule has 38 heavy (non-hydrogen) atoms. The number of nitrogens with zero attached hydrogens (tertiary/aromatic N) is 5. The maximum atomic E-state index is 13.0. The molecular weight excluding hydrogens is 538 g/mol. The van der Waals surface area contributed by atoms with Gasteiger partial charge in [0.1, 0.15) is 23.7 Å². The highest BCUT2D eigenvalue weighted by Gasteiger charge is 2.54. The topological polar surface area (TPSA) is 190 Å². The number of anilines is 1. The van der Waals surface area contributed by atoms with Crippen molar-refractivity contribution in [3.63, 3.8) is 0 Å². The van der Waals surface area contributed by atoms with Crippen LogP contribution in [0.1, 0.15) is 30.0 Å². The number of carboxylic acid groups (broad SMARTS) is 1. The average molecular weight is 563 g/mol. The molecule has 0 radical (unpaired) electrons. The van der Waals surface area contributed by atoms with Gasteiger partial charge in [0.05, 0.1) is 12.2 Å². The monoisotopic (exact) mass is 562 g/mol. The predicted octanol–water partition coefficient (Wildman–Crippen LogP) is -0.236.